The van der Waals surface area contributed by atoms with Gasteiger partial charge in [-0.05, 0) is 73.1 Å². The first-order valence-electron chi connectivity index (χ1n) is 11.0. The molecule has 1 N–H and O–H groups in total. The van der Waals surface area contributed by atoms with Gasteiger partial charge >= 0.3 is 0 Å². The van der Waals surface area contributed by atoms with E-state index in [1.807, 2.05) is 0 Å². The fourth-order valence-electron chi connectivity index (χ4n) is 4.73. The third kappa shape index (κ3) is 4.67. The number of rotatable bonds is 5. The summed E-state index contributed by atoms with van der Waals surface area (Å²) in [7, 11) is -3.81. The van der Waals surface area contributed by atoms with Crippen LogP contribution in [-0.2, 0) is 14.8 Å². The number of hydrogen-bond acceptors (Lipinski definition) is 7. The lowest BCUT2D eigenvalue weighted by molar-refractivity contribution is -0.138. The summed E-state index contributed by atoms with van der Waals surface area (Å²) in [4.78, 5) is 23.5. The molecule has 1 atom stereocenters. The van der Waals surface area contributed by atoms with Gasteiger partial charge in [-0.25, -0.2) is 18.4 Å². The van der Waals surface area contributed by atoms with Gasteiger partial charge in [0.1, 0.15) is 4.21 Å². The van der Waals surface area contributed by atoms with Crippen molar-refractivity contribution >= 4 is 60.6 Å². The Kier molecular flexibility index (Phi) is 6.80. The zero-order chi connectivity index (χ0) is 23.9. The second kappa shape index (κ2) is 9.67. The average molecular weight is 540 g/mol. The molecule has 34 heavy (non-hydrogen) atoms. The van der Waals surface area contributed by atoms with Crippen LogP contribution < -0.4 is 5.32 Å². The highest BCUT2D eigenvalue weighted by Crippen LogP contribution is 2.37. The first kappa shape index (κ1) is 23.9. The summed E-state index contributed by atoms with van der Waals surface area (Å²) in [5, 5.41) is 4.84. The zero-order valence-corrected chi connectivity index (χ0v) is 21.3. The number of nitrogens with one attached hydrogen (secondary N) is 1. The van der Waals surface area contributed by atoms with E-state index in [2.05, 4.69) is 15.3 Å². The Morgan fingerprint density at radius 2 is 1.91 bits per heavy atom. The second-order valence-corrected chi connectivity index (χ2v) is 12.5. The van der Waals surface area contributed by atoms with Gasteiger partial charge in [0.25, 0.3) is 10.0 Å². The summed E-state index contributed by atoms with van der Waals surface area (Å²) in [6.07, 6.45) is 3.38. The molecule has 2 saturated heterocycles. The molecule has 180 valence electrons. The van der Waals surface area contributed by atoms with Crippen LogP contribution >= 0.6 is 34.5 Å². The van der Waals surface area contributed by atoms with Gasteiger partial charge in [-0.1, -0.05) is 17.7 Å². The minimum Gasteiger partial charge on any atom is -0.331 e. The molecule has 3 aromatic rings. The monoisotopic (exact) mass is 539 g/mol. The topological polar surface area (TPSA) is 95.5 Å². The lowest BCUT2D eigenvalue weighted by Crippen LogP contribution is -2.54. The lowest BCUT2D eigenvalue weighted by atomic mass is 9.86. The average Bonchev–Trinajstić information content (AvgIpc) is 3.25. The summed E-state index contributed by atoms with van der Waals surface area (Å²) in [5.74, 6) is -0.0380. The number of fused-ring (bicyclic) bond motifs is 1. The van der Waals surface area contributed by atoms with E-state index in [-0.39, 0.29) is 47.0 Å². The maximum atomic E-state index is 13.4. The zero-order valence-electron chi connectivity index (χ0n) is 18.2. The van der Waals surface area contributed by atoms with Crippen LogP contribution in [0.25, 0.3) is 10.1 Å². The Labute approximate surface area is 211 Å². The maximum Gasteiger partial charge on any atom is 0.253 e. The number of nitrogens with zero attached hydrogens (tertiary/aromatic N) is 4. The molecule has 4 heterocycles. The number of benzene rings is 1. The molecular formula is C22H23Cl2N5O3S2. The van der Waals surface area contributed by atoms with Crippen molar-refractivity contribution in [3.05, 3.63) is 52.5 Å². The molecule has 12 heteroatoms. The summed E-state index contributed by atoms with van der Waals surface area (Å²) in [6, 6.07) is 8.44. The molecule has 2 aliphatic heterocycles. The van der Waals surface area contributed by atoms with Crippen molar-refractivity contribution in [2.45, 2.75) is 23.1 Å². The molecule has 2 aromatic heterocycles. The first-order chi connectivity index (χ1) is 16.3. The van der Waals surface area contributed by atoms with Gasteiger partial charge in [-0.2, -0.15) is 4.31 Å². The van der Waals surface area contributed by atoms with Crippen molar-refractivity contribution in [1.82, 2.24) is 24.5 Å². The van der Waals surface area contributed by atoms with Crippen molar-refractivity contribution in [3.63, 3.8) is 0 Å². The van der Waals surface area contributed by atoms with E-state index in [0.717, 1.165) is 47.4 Å². The third-order valence-electron chi connectivity index (χ3n) is 6.39. The molecule has 0 aliphatic carbocycles. The Balaban J connectivity index is 1.40. The molecule has 0 bridgehead atoms. The molecule has 1 aromatic carbocycles. The molecule has 2 fully saturated rings. The summed E-state index contributed by atoms with van der Waals surface area (Å²) < 4.78 is 29.0. The predicted molar refractivity (Wildman–Crippen MR) is 133 cm³/mol. The van der Waals surface area contributed by atoms with Crippen LogP contribution in [0.3, 0.4) is 0 Å². The van der Waals surface area contributed by atoms with Crippen LogP contribution in [0.2, 0.25) is 10.3 Å². The summed E-state index contributed by atoms with van der Waals surface area (Å²) >= 11 is 13.3. The second-order valence-electron chi connectivity index (χ2n) is 8.46. The molecule has 1 unspecified atom stereocenters. The molecule has 0 radical (unpaired) electrons. The lowest BCUT2D eigenvalue weighted by Gasteiger charge is -2.42. The Bertz CT molecular complexity index is 1330. The van der Waals surface area contributed by atoms with Crippen LogP contribution in [0.5, 0.6) is 0 Å². The normalized spacial score (nSPS) is 19.6. The van der Waals surface area contributed by atoms with E-state index in [1.54, 1.807) is 41.4 Å². The molecular weight excluding hydrogens is 517 g/mol. The van der Waals surface area contributed by atoms with Crippen molar-refractivity contribution < 1.29 is 13.2 Å². The Morgan fingerprint density at radius 3 is 2.65 bits per heavy atom. The minimum atomic E-state index is -3.81. The van der Waals surface area contributed by atoms with Gasteiger partial charge in [0.2, 0.25) is 11.2 Å². The number of thiophene rings is 1. The summed E-state index contributed by atoms with van der Waals surface area (Å²) in [6.45, 7) is 2.00. The number of halogens is 2. The largest absolute Gasteiger partial charge is 0.331 e. The number of carbonyl (C=O) groups is 1. The van der Waals surface area contributed by atoms with E-state index < -0.39 is 10.0 Å². The van der Waals surface area contributed by atoms with E-state index in [4.69, 9.17) is 23.2 Å². The number of hydrogen-bond donors (Lipinski definition) is 1. The molecule has 5 rings (SSSR count). The third-order valence-corrected chi connectivity index (χ3v) is 10.2. The standard InChI is InChI=1S/C22H23Cl2N5O3S2/c23-16-2-1-15-11-20(33-18(15)12-16)34(31,32)28-9-10-29(19(30)13-28)21(14-3-6-25-7-4-14)17-5-8-26-22(24)27-17/h1-2,5,8,11-12,14,21,25H,3-4,6-7,9-10,13H2. The maximum absolute atomic E-state index is 13.4. The SMILES string of the molecule is O=C1CN(S(=O)(=O)c2cc3ccc(Cl)cc3s2)CCN1C(c1ccnc(Cl)n1)C1CCNCC1. The van der Waals surface area contributed by atoms with Gasteiger partial charge in [0, 0.05) is 29.0 Å². The molecule has 2 aliphatic rings. The van der Waals surface area contributed by atoms with E-state index in [9.17, 15) is 13.2 Å². The van der Waals surface area contributed by atoms with Gasteiger partial charge in [-0.3, -0.25) is 4.79 Å². The van der Waals surface area contributed by atoms with Crippen molar-refractivity contribution in [1.29, 1.82) is 0 Å². The number of carbonyl (C=O) groups excluding carboxylic acids is 1. The predicted octanol–water partition coefficient (Wildman–Crippen LogP) is 3.57. The van der Waals surface area contributed by atoms with Crippen LogP contribution in [0.4, 0.5) is 0 Å². The fraction of sp³-hybridized carbons (Fsp3) is 0.409. The van der Waals surface area contributed by atoms with Crippen molar-refractivity contribution in [2.75, 3.05) is 32.7 Å². The Morgan fingerprint density at radius 1 is 1.12 bits per heavy atom. The van der Waals surface area contributed by atoms with Crippen LogP contribution in [0, 0.1) is 5.92 Å². The van der Waals surface area contributed by atoms with E-state index in [0.29, 0.717) is 10.7 Å². The number of amides is 1. The van der Waals surface area contributed by atoms with Crippen LogP contribution in [-0.4, -0.2) is 66.2 Å². The number of aromatic nitrogens is 2. The molecule has 0 saturated carbocycles. The smallest absolute Gasteiger partial charge is 0.253 e. The molecule has 8 nitrogen and oxygen atoms in total. The number of piperidine rings is 1. The number of sulfonamides is 1. The van der Waals surface area contributed by atoms with Crippen molar-refractivity contribution in [3.8, 4) is 0 Å². The summed E-state index contributed by atoms with van der Waals surface area (Å²) in [5.41, 5.74) is 0.693. The quantitative estimate of drug-likeness (QED) is 0.498. The van der Waals surface area contributed by atoms with Crippen LogP contribution in [0.15, 0.2) is 40.7 Å². The van der Waals surface area contributed by atoms with E-state index >= 15 is 0 Å². The highest BCUT2D eigenvalue weighted by atomic mass is 35.5. The first-order valence-corrected chi connectivity index (χ1v) is 14.0. The van der Waals surface area contributed by atoms with Gasteiger partial charge in [0.15, 0.2) is 0 Å². The van der Waals surface area contributed by atoms with Gasteiger partial charge in [0.05, 0.1) is 18.3 Å². The highest BCUT2D eigenvalue weighted by molar-refractivity contribution is 7.91. The van der Waals surface area contributed by atoms with Gasteiger partial charge in [-0.15, -0.1) is 11.3 Å². The fourth-order valence-corrected chi connectivity index (χ4v) is 8.09. The van der Waals surface area contributed by atoms with Gasteiger partial charge < -0.3 is 10.2 Å². The van der Waals surface area contributed by atoms with E-state index in [1.165, 1.54) is 4.31 Å². The molecule has 1 amide bonds. The Hall–Kier alpha value is -1.82. The highest BCUT2D eigenvalue weighted by Gasteiger charge is 2.40. The molecule has 0 spiro atoms. The van der Waals surface area contributed by atoms with Crippen molar-refractivity contribution in [2.24, 2.45) is 5.92 Å². The minimum absolute atomic E-state index is 0.134. The number of piperazine rings is 1. The van der Waals surface area contributed by atoms with Crippen LogP contribution in [0.1, 0.15) is 24.6 Å².